The Morgan fingerprint density at radius 1 is 1.50 bits per heavy atom. The number of nitrogens with one attached hydrogen (secondary N) is 2. The molecule has 0 saturated heterocycles. The molecule has 1 heterocycles. The molecule has 0 spiro atoms. The highest BCUT2D eigenvalue weighted by Crippen LogP contribution is 2.30. The number of aromatic nitrogens is 2. The van der Waals surface area contributed by atoms with Gasteiger partial charge in [-0.05, 0) is 46.4 Å². The van der Waals surface area contributed by atoms with Gasteiger partial charge in [-0.1, -0.05) is 0 Å². The molecule has 2 atom stereocenters. The zero-order valence-corrected chi connectivity index (χ0v) is 13.5. The summed E-state index contributed by atoms with van der Waals surface area (Å²) < 4.78 is 0. The first-order valence-corrected chi connectivity index (χ1v) is 8.34. The van der Waals surface area contributed by atoms with Gasteiger partial charge in [-0.3, -0.25) is 14.8 Å². The number of nitrogens with zero attached hydrogens (tertiary/aromatic N) is 2. The number of aromatic amines is 1. The second-order valence-corrected chi connectivity index (χ2v) is 6.73. The summed E-state index contributed by atoms with van der Waals surface area (Å²) >= 11 is 1.94. The molecule has 0 bridgehead atoms. The molecule has 2 rings (SSSR count). The topological polar surface area (TPSA) is 61.0 Å². The first-order valence-electron chi connectivity index (χ1n) is 7.05. The van der Waals surface area contributed by atoms with Crippen LogP contribution in [0.25, 0.3) is 0 Å². The van der Waals surface area contributed by atoms with Gasteiger partial charge in [0.15, 0.2) is 0 Å². The summed E-state index contributed by atoms with van der Waals surface area (Å²) in [7, 11) is 2.04. The first-order chi connectivity index (χ1) is 9.51. The molecular weight excluding hydrogens is 272 g/mol. The Morgan fingerprint density at radius 3 is 2.80 bits per heavy atom. The van der Waals surface area contributed by atoms with Gasteiger partial charge in [-0.2, -0.15) is 16.9 Å². The lowest BCUT2D eigenvalue weighted by molar-refractivity contribution is -0.117. The van der Waals surface area contributed by atoms with Gasteiger partial charge in [0, 0.05) is 11.3 Å². The Kier molecular flexibility index (Phi) is 5.10. The van der Waals surface area contributed by atoms with E-state index in [1.54, 1.807) is 0 Å². The second kappa shape index (κ2) is 6.63. The van der Waals surface area contributed by atoms with Crippen molar-refractivity contribution in [1.82, 2.24) is 15.1 Å². The highest BCUT2D eigenvalue weighted by molar-refractivity contribution is 7.99. The van der Waals surface area contributed by atoms with Crippen molar-refractivity contribution in [3.8, 4) is 0 Å². The molecule has 6 heteroatoms. The van der Waals surface area contributed by atoms with E-state index in [2.05, 4.69) is 26.7 Å². The van der Waals surface area contributed by atoms with E-state index in [1.807, 2.05) is 32.7 Å². The summed E-state index contributed by atoms with van der Waals surface area (Å²) in [6.45, 7) is 4.25. The van der Waals surface area contributed by atoms with Crippen molar-refractivity contribution >= 4 is 23.4 Å². The van der Waals surface area contributed by atoms with E-state index in [0.29, 0.717) is 12.6 Å². The molecule has 0 aliphatic heterocycles. The number of hydrogen-bond donors (Lipinski definition) is 2. The van der Waals surface area contributed by atoms with Crippen molar-refractivity contribution in [3.63, 3.8) is 0 Å². The van der Waals surface area contributed by atoms with E-state index in [4.69, 9.17) is 0 Å². The summed E-state index contributed by atoms with van der Waals surface area (Å²) in [5.74, 6) is 0.0349. The average Bonchev–Trinajstić information content (AvgIpc) is 3.00. The minimum absolute atomic E-state index is 0.0349. The molecule has 1 amide bonds. The maximum Gasteiger partial charge on any atom is 0.238 e. The van der Waals surface area contributed by atoms with Crippen molar-refractivity contribution in [1.29, 1.82) is 0 Å². The molecule has 112 valence electrons. The predicted octanol–water partition coefficient (Wildman–Crippen LogP) is 2.18. The van der Waals surface area contributed by atoms with E-state index in [9.17, 15) is 4.79 Å². The Bertz CT molecular complexity index is 454. The minimum Gasteiger partial charge on any atom is -0.322 e. The SMILES string of the molecule is CS[C@H]1CC[C@@H](N(C)CC(=O)Nc2c(C)n[nH]c2C)C1. The fourth-order valence-electron chi connectivity index (χ4n) is 2.80. The number of thioether (sulfide) groups is 1. The number of anilines is 1. The molecule has 2 N–H and O–H groups in total. The summed E-state index contributed by atoms with van der Waals surface area (Å²) in [4.78, 5) is 14.3. The molecule has 1 aromatic heterocycles. The van der Waals surface area contributed by atoms with E-state index in [-0.39, 0.29) is 5.91 Å². The van der Waals surface area contributed by atoms with Crippen molar-refractivity contribution in [2.75, 3.05) is 25.2 Å². The third-order valence-electron chi connectivity index (χ3n) is 4.10. The molecule has 1 aromatic rings. The number of H-pyrrole nitrogens is 1. The lowest BCUT2D eigenvalue weighted by Gasteiger charge is -2.23. The molecule has 0 unspecified atom stereocenters. The van der Waals surface area contributed by atoms with E-state index in [1.165, 1.54) is 19.3 Å². The summed E-state index contributed by atoms with van der Waals surface area (Å²) in [5, 5.41) is 10.7. The van der Waals surface area contributed by atoms with Crippen LogP contribution in [0.1, 0.15) is 30.7 Å². The number of likely N-dealkylation sites (N-methyl/N-ethyl adjacent to an activating group) is 1. The summed E-state index contributed by atoms with van der Waals surface area (Å²) in [6, 6.07) is 0.532. The normalized spacial score (nSPS) is 22.4. The molecule has 0 aromatic carbocycles. The van der Waals surface area contributed by atoms with Crippen molar-refractivity contribution in [3.05, 3.63) is 11.4 Å². The zero-order chi connectivity index (χ0) is 14.7. The Balaban J connectivity index is 1.85. The average molecular weight is 296 g/mol. The second-order valence-electron chi connectivity index (χ2n) is 5.60. The van der Waals surface area contributed by atoms with Gasteiger partial charge in [-0.25, -0.2) is 0 Å². The van der Waals surface area contributed by atoms with Crippen LogP contribution in [0.4, 0.5) is 5.69 Å². The van der Waals surface area contributed by atoms with Crippen LogP contribution in [0.2, 0.25) is 0 Å². The van der Waals surface area contributed by atoms with Crippen molar-refractivity contribution in [2.24, 2.45) is 0 Å². The van der Waals surface area contributed by atoms with E-state index < -0.39 is 0 Å². The highest BCUT2D eigenvalue weighted by Gasteiger charge is 2.27. The maximum absolute atomic E-state index is 12.1. The van der Waals surface area contributed by atoms with Crippen LogP contribution >= 0.6 is 11.8 Å². The lowest BCUT2D eigenvalue weighted by atomic mass is 10.2. The van der Waals surface area contributed by atoms with E-state index in [0.717, 1.165) is 22.3 Å². The number of amides is 1. The van der Waals surface area contributed by atoms with Crippen LogP contribution in [-0.2, 0) is 4.79 Å². The van der Waals surface area contributed by atoms with Gasteiger partial charge in [0.2, 0.25) is 5.91 Å². The lowest BCUT2D eigenvalue weighted by Crippen LogP contribution is -2.37. The van der Waals surface area contributed by atoms with Crippen LogP contribution in [0.3, 0.4) is 0 Å². The van der Waals surface area contributed by atoms with Gasteiger partial charge < -0.3 is 5.32 Å². The highest BCUT2D eigenvalue weighted by atomic mass is 32.2. The molecule has 5 nitrogen and oxygen atoms in total. The fraction of sp³-hybridized carbons (Fsp3) is 0.714. The van der Waals surface area contributed by atoms with Crippen LogP contribution in [0.15, 0.2) is 0 Å². The maximum atomic E-state index is 12.1. The number of carbonyl (C=O) groups excluding carboxylic acids is 1. The molecule has 1 saturated carbocycles. The summed E-state index contributed by atoms with van der Waals surface area (Å²) in [6.07, 6.45) is 5.82. The molecule has 1 aliphatic carbocycles. The standard InChI is InChI=1S/C14H24N4OS/c1-9-14(10(2)17-16-9)15-13(19)8-18(3)11-5-6-12(7-11)20-4/h11-12H,5-8H2,1-4H3,(H,15,19)(H,16,17)/t11-,12+/m1/s1. The number of hydrogen-bond acceptors (Lipinski definition) is 4. The van der Waals surface area contributed by atoms with Crippen LogP contribution in [0, 0.1) is 13.8 Å². The molecule has 1 fully saturated rings. The van der Waals surface area contributed by atoms with Crippen molar-refractivity contribution < 1.29 is 4.79 Å². The van der Waals surface area contributed by atoms with Gasteiger partial charge in [0.1, 0.15) is 0 Å². The number of aryl methyl sites for hydroxylation is 2. The van der Waals surface area contributed by atoms with Gasteiger partial charge in [0.05, 0.1) is 23.6 Å². The van der Waals surface area contributed by atoms with Crippen molar-refractivity contribution in [2.45, 2.75) is 44.4 Å². The molecular formula is C14H24N4OS. The Labute approximate surface area is 124 Å². The Hall–Kier alpha value is -1.01. The largest absolute Gasteiger partial charge is 0.322 e. The minimum atomic E-state index is 0.0349. The fourth-order valence-corrected chi connectivity index (χ4v) is 3.59. The summed E-state index contributed by atoms with van der Waals surface area (Å²) in [5.41, 5.74) is 2.56. The molecule has 0 radical (unpaired) electrons. The zero-order valence-electron chi connectivity index (χ0n) is 12.7. The van der Waals surface area contributed by atoms with Crippen LogP contribution in [-0.4, -0.2) is 52.1 Å². The molecule has 20 heavy (non-hydrogen) atoms. The number of rotatable bonds is 5. The van der Waals surface area contributed by atoms with Gasteiger partial charge >= 0.3 is 0 Å². The number of carbonyl (C=O) groups is 1. The quantitative estimate of drug-likeness (QED) is 0.874. The Morgan fingerprint density at radius 2 is 2.25 bits per heavy atom. The van der Waals surface area contributed by atoms with Crippen LogP contribution in [0.5, 0.6) is 0 Å². The third kappa shape index (κ3) is 3.55. The van der Waals surface area contributed by atoms with Gasteiger partial charge in [-0.15, -0.1) is 0 Å². The molecule has 1 aliphatic rings. The third-order valence-corrected chi connectivity index (χ3v) is 5.19. The van der Waals surface area contributed by atoms with Crippen LogP contribution < -0.4 is 5.32 Å². The predicted molar refractivity (Wildman–Crippen MR) is 84.3 cm³/mol. The van der Waals surface area contributed by atoms with Gasteiger partial charge in [0.25, 0.3) is 0 Å². The van der Waals surface area contributed by atoms with E-state index >= 15 is 0 Å². The smallest absolute Gasteiger partial charge is 0.238 e. The monoisotopic (exact) mass is 296 g/mol. The first kappa shape index (κ1) is 15.4.